The minimum atomic E-state index is -0.141. The maximum Gasteiger partial charge on any atom is 0.227 e. The lowest BCUT2D eigenvalue weighted by molar-refractivity contribution is -0.125. The first-order chi connectivity index (χ1) is 14.7. The SMILES string of the molecule is COc1ccc2ccccc2c1CNC(=O)CCC(=O)N1CCSc2ccccc21. The monoisotopic (exact) mass is 420 g/mol. The first-order valence-corrected chi connectivity index (χ1v) is 11.0. The maximum absolute atomic E-state index is 12.7. The van der Waals surface area contributed by atoms with Gasteiger partial charge in [-0.05, 0) is 29.0 Å². The highest BCUT2D eigenvalue weighted by atomic mass is 32.2. The number of hydrogen-bond donors (Lipinski definition) is 1. The summed E-state index contributed by atoms with van der Waals surface area (Å²) in [7, 11) is 1.63. The highest BCUT2D eigenvalue weighted by Gasteiger charge is 2.23. The van der Waals surface area contributed by atoms with Crippen LogP contribution >= 0.6 is 11.8 Å². The molecule has 1 heterocycles. The molecule has 3 aromatic rings. The van der Waals surface area contributed by atoms with Crippen LogP contribution in [0.3, 0.4) is 0 Å². The quantitative estimate of drug-likeness (QED) is 0.643. The van der Waals surface area contributed by atoms with Crippen LogP contribution in [0.15, 0.2) is 65.6 Å². The fraction of sp³-hybridized carbons (Fsp3) is 0.250. The molecule has 0 saturated carbocycles. The van der Waals surface area contributed by atoms with Gasteiger partial charge in [0.15, 0.2) is 0 Å². The second-order valence-electron chi connectivity index (χ2n) is 7.11. The van der Waals surface area contributed by atoms with Crippen LogP contribution in [0.2, 0.25) is 0 Å². The maximum atomic E-state index is 12.7. The Kier molecular flexibility index (Phi) is 6.23. The van der Waals surface area contributed by atoms with Crippen molar-refractivity contribution in [1.82, 2.24) is 5.32 Å². The number of fused-ring (bicyclic) bond motifs is 2. The van der Waals surface area contributed by atoms with E-state index in [0.29, 0.717) is 13.1 Å². The summed E-state index contributed by atoms with van der Waals surface area (Å²) in [6.07, 6.45) is 0.356. The molecule has 0 saturated heterocycles. The predicted molar refractivity (Wildman–Crippen MR) is 121 cm³/mol. The molecule has 30 heavy (non-hydrogen) atoms. The normalized spacial score (nSPS) is 13.0. The van der Waals surface area contributed by atoms with Crippen LogP contribution in [0.4, 0.5) is 5.69 Å². The summed E-state index contributed by atoms with van der Waals surface area (Å²) >= 11 is 1.76. The summed E-state index contributed by atoms with van der Waals surface area (Å²) in [5.41, 5.74) is 1.89. The molecule has 0 aliphatic carbocycles. The number of nitrogens with one attached hydrogen (secondary N) is 1. The molecule has 0 unspecified atom stereocenters. The van der Waals surface area contributed by atoms with Crippen molar-refractivity contribution in [1.29, 1.82) is 0 Å². The van der Waals surface area contributed by atoms with Crippen LogP contribution in [0, 0.1) is 0 Å². The third-order valence-electron chi connectivity index (χ3n) is 5.28. The number of carbonyl (C=O) groups is 2. The number of thioether (sulfide) groups is 1. The van der Waals surface area contributed by atoms with E-state index in [9.17, 15) is 9.59 Å². The lowest BCUT2D eigenvalue weighted by Gasteiger charge is -2.29. The molecular formula is C24H24N2O3S. The van der Waals surface area contributed by atoms with E-state index < -0.39 is 0 Å². The first-order valence-electron chi connectivity index (χ1n) is 10.0. The Morgan fingerprint density at radius 3 is 2.70 bits per heavy atom. The molecule has 6 heteroatoms. The zero-order chi connectivity index (χ0) is 20.9. The summed E-state index contributed by atoms with van der Waals surface area (Å²) in [5, 5.41) is 5.10. The van der Waals surface area contributed by atoms with Crippen molar-refractivity contribution < 1.29 is 14.3 Å². The lowest BCUT2D eigenvalue weighted by Crippen LogP contribution is -2.36. The van der Waals surface area contributed by atoms with Gasteiger partial charge in [0, 0.05) is 42.1 Å². The van der Waals surface area contributed by atoms with Gasteiger partial charge in [-0.25, -0.2) is 0 Å². The molecule has 1 N–H and O–H groups in total. The third-order valence-corrected chi connectivity index (χ3v) is 6.32. The van der Waals surface area contributed by atoms with Crippen LogP contribution in [-0.2, 0) is 16.1 Å². The summed E-state index contributed by atoms with van der Waals surface area (Å²) in [5.74, 6) is 1.46. The summed E-state index contributed by atoms with van der Waals surface area (Å²) in [4.78, 5) is 28.1. The van der Waals surface area contributed by atoms with Gasteiger partial charge in [-0.2, -0.15) is 0 Å². The molecule has 0 aromatic heterocycles. The molecule has 1 aliphatic heterocycles. The number of hydrogen-bond acceptors (Lipinski definition) is 4. The van der Waals surface area contributed by atoms with E-state index in [0.717, 1.165) is 38.4 Å². The summed E-state index contributed by atoms with van der Waals surface area (Å²) in [6, 6.07) is 19.9. The van der Waals surface area contributed by atoms with Crippen LogP contribution in [0.5, 0.6) is 5.75 Å². The van der Waals surface area contributed by atoms with Gasteiger partial charge in [-0.15, -0.1) is 11.8 Å². The van der Waals surface area contributed by atoms with Gasteiger partial charge in [0.1, 0.15) is 5.75 Å². The smallest absolute Gasteiger partial charge is 0.227 e. The molecule has 3 aromatic carbocycles. The summed E-state index contributed by atoms with van der Waals surface area (Å²) < 4.78 is 5.48. The van der Waals surface area contributed by atoms with Crippen molar-refractivity contribution in [2.45, 2.75) is 24.3 Å². The number of amides is 2. The fourth-order valence-corrected chi connectivity index (χ4v) is 4.74. The Balaban J connectivity index is 1.37. The van der Waals surface area contributed by atoms with Crippen LogP contribution in [-0.4, -0.2) is 31.2 Å². The van der Waals surface area contributed by atoms with Gasteiger partial charge in [0.05, 0.1) is 12.8 Å². The van der Waals surface area contributed by atoms with Crippen molar-refractivity contribution in [3.8, 4) is 5.75 Å². The molecule has 2 amide bonds. The Bertz CT molecular complexity index is 1080. The largest absolute Gasteiger partial charge is 0.496 e. The van der Waals surface area contributed by atoms with Gasteiger partial charge in [-0.1, -0.05) is 42.5 Å². The van der Waals surface area contributed by atoms with E-state index in [1.165, 1.54) is 0 Å². The number of carbonyl (C=O) groups excluding carboxylic acids is 2. The van der Waals surface area contributed by atoms with Crippen molar-refractivity contribution >= 4 is 40.0 Å². The average Bonchev–Trinajstić information content (AvgIpc) is 2.80. The molecule has 4 rings (SSSR count). The highest BCUT2D eigenvalue weighted by Crippen LogP contribution is 2.34. The number of anilines is 1. The van der Waals surface area contributed by atoms with Crippen molar-refractivity contribution in [2.75, 3.05) is 24.3 Å². The lowest BCUT2D eigenvalue weighted by atomic mass is 10.0. The summed E-state index contributed by atoms with van der Waals surface area (Å²) in [6.45, 7) is 1.04. The van der Waals surface area contributed by atoms with E-state index >= 15 is 0 Å². The molecule has 0 fully saturated rings. The number of benzene rings is 3. The zero-order valence-corrected chi connectivity index (χ0v) is 17.7. The third kappa shape index (κ3) is 4.28. The number of para-hydroxylation sites is 1. The molecule has 5 nitrogen and oxygen atoms in total. The number of rotatable bonds is 6. The van der Waals surface area contributed by atoms with Crippen LogP contribution in [0.25, 0.3) is 10.8 Å². The van der Waals surface area contributed by atoms with Crippen LogP contribution in [0.1, 0.15) is 18.4 Å². The van der Waals surface area contributed by atoms with Gasteiger partial charge < -0.3 is 15.0 Å². The molecule has 0 atom stereocenters. The fourth-order valence-electron chi connectivity index (χ4n) is 3.75. The average molecular weight is 421 g/mol. The second-order valence-corrected chi connectivity index (χ2v) is 8.24. The minimum Gasteiger partial charge on any atom is -0.496 e. The number of ether oxygens (including phenoxy) is 1. The molecule has 0 radical (unpaired) electrons. The van der Waals surface area contributed by atoms with E-state index in [2.05, 4.69) is 5.32 Å². The standard InChI is InChI=1S/C24H24N2O3S/c1-29-21-11-10-17-6-2-3-7-18(17)19(21)16-25-23(27)12-13-24(28)26-14-15-30-22-9-5-4-8-20(22)26/h2-11H,12-16H2,1H3,(H,25,27). The van der Waals surface area contributed by atoms with Crippen molar-refractivity contribution in [2.24, 2.45) is 0 Å². The van der Waals surface area contributed by atoms with Gasteiger partial charge in [0.25, 0.3) is 0 Å². The molecule has 1 aliphatic rings. The molecule has 0 spiro atoms. The van der Waals surface area contributed by atoms with Gasteiger partial charge in [-0.3, -0.25) is 9.59 Å². The minimum absolute atomic E-state index is 0.0133. The topological polar surface area (TPSA) is 58.6 Å². The van der Waals surface area contributed by atoms with E-state index in [-0.39, 0.29) is 24.7 Å². The van der Waals surface area contributed by atoms with Crippen LogP contribution < -0.4 is 15.0 Å². The van der Waals surface area contributed by atoms with Gasteiger partial charge in [0.2, 0.25) is 11.8 Å². The predicted octanol–water partition coefficient (Wildman–Crippen LogP) is 4.38. The van der Waals surface area contributed by atoms with E-state index in [4.69, 9.17) is 4.74 Å². The van der Waals surface area contributed by atoms with E-state index in [1.54, 1.807) is 23.8 Å². The molecule has 154 valence electrons. The molecule has 0 bridgehead atoms. The second kappa shape index (κ2) is 9.22. The Morgan fingerprint density at radius 2 is 1.83 bits per heavy atom. The first kappa shape index (κ1) is 20.3. The van der Waals surface area contributed by atoms with E-state index in [1.807, 2.05) is 60.7 Å². The number of methoxy groups -OCH3 is 1. The molecular weight excluding hydrogens is 396 g/mol. The Morgan fingerprint density at radius 1 is 1.03 bits per heavy atom. The Labute approximate surface area is 180 Å². The number of nitrogens with zero attached hydrogens (tertiary/aromatic N) is 1. The zero-order valence-electron chi connectivity index (χ0n) is 16.9. The Hall–Kier alpha value is -2.99. The van der Waals surface area contributed by atoms with Gasteiger partial charge >= 0.3 is 0 Å². The highest BCUT2D eigenvalue weighted by molar-refractivity contribution is 7.99. The van der Waals surface area contributed by atoms with Crippen molar-refractivity contribution in [3.63, 3.8) is 0 Å². The van der Waals surface area contributed by atoms with Crippen molar-refractivity contribution in [3.05, 3.63) is 66.2 Å².